The second-order valence-electron chi connectivity index (χ2n) is 6.40. The summed E-state index contributed by atoms with van der Waals surface area (Å²) in [5.41, 5.74) is 3.10. The molecule has 28 heavy (non-hydrogen) atoms. The summed E-state index contributed by atoms with van der Waals surface area (Å²) in [4.78, 5) is 20.0. The number of para-hydroxylation sites is 1. The standard InChI is InChI=1S/C20H20N4O3S/c1-4-13-9-14(27-22-13)10-23(2)19(25)17-12-28-20-21-16(11-24(17)20)15-7-5-6-8-18(15)26-3/h5-9,11-12H,4,10H2,1-3H3. The number of ether oxygens (including phenoxy) is 1. The van der Waals surface area contributed by atoms with Crippen LogP contribution < -0.4 is 4.74 Å². The van der Waals surface area contributed by atoms with Gasteiger partial charge in [0, 0.05) is 30.3 Å². The van der Waals surface area contributed by atoms with Crippen LogP contribution in [-0.2, 0) is 13.0 Å². The summed E-state index contributed by atoms with van der Waals surface area (Å²) < 4.78 is 12.5. The van der Waals surface area contributed by atoms with E-state index >= 15 is 0 Å². The number of aromatic nitrogens is 3. The SMILES string of the molecule is CCc1cc(CN(C)C(=O)c2csc3nc(-c4ccccc4OC)cn23)on1. The molecule has 0 N–H and O–H groups in total. The Bertz CT molecular complexity index is 1130. The van der Waals surface area contributed by atoms with E-state index < -0.39 is 0 Å². The van der Waals surface area contributed by atoms with Crippen molar-refractivity contribution in [2.45, 2.75) is 19.9 Å². The van der Waals surface area contributed by atoms with E-state index in [0.717, 1.165) is 34.1 Å². The van der Waals surface area contributed by atoms with E-state index in [9.17, 15) is 4.79 Å². The molecule has 0 saturated heterocycles. The van der Waals surface area contributed by atoms with Crippen molar-refractivity contribution in [1.82, 2.24) is 19.4 Å². The third kappa shape index (κ3) is 3.27. The number of imidazole rings is 1. The Labute approximate surface area is 166 Å². The lowest BCUT2D eigenvalue weighted by molar-refractivity contribution is 0.0765. The number of carbonyl (C=O) groups excluding carboxylic acids is 1. The lowest BCUT2D eigenvalue weighted by Gasteiger charge is -2.14. The quantitative estimate of drug-likeness (QED) is 0.494. The van der Waals surface area contributed by atoms with Crippen molar-refractivity contribution in [2.75, 3.05) is 14.2 Å². The molecule has 0 radical (unpaired) electrons. The number of hydrogen-bond donors (Lipinski definition) is 0. The van der Waals surface area contributed by atoms with Crippen LogP contribution in [0.2, 0.25) is 0 Å². The average molecular weight is 396 g/mol. The number of aryl methyl sites for hydroxylation is 1. The van der Waals surface area contributed by atoms with Crippen LogP contribution >= 0.6 is 11.3 Å². The molecule has 4 rings (SSSR count). The number of methoxy groups -OCH3 is 1. The number of fused-ring (bicyclic) bond motifs is 1. The molecule has 3 aromatic heterocycles. The molecule has 0 unspecified atom stereocenters. The zero-order valence-electron chi connectivity index (χ0n) is 15.9. The minimum atomic E-state index is -0.107. The molecule has 3 heterocycles. The van der Waals surface area contributed by atoms with Crippen LogP contribution in [0, 0.1) is 0 Å². The molecule has 0 spiro atoms. The van der Waals surface area contributed by atoms with Crippen LogP contribution in [-0.4, -0.2) is 39.5 Å². The van der Waals surface area contributed by atoms with Crippen LogP contribution in [0.4, 0.5) is 0 Å². The zero-order chi connectivity index (χ0) is 19.7. The maximum absolute atomic E-state index is 13.0. The molecule has 7 nitrogen and oxygen atoms in total. The van der Waals surface area contributed by atoms with Crippen LogP contribution in [0.15, 0.2) is 46.4 Å². The van der Waals surface area contributed by atoms with Gasteiger partial charge < -0.3 is 14.2 Å². The van der Waals surface area contributed by atoms with Crippen LogP contribution in [0.3, 0.4) is 0 Å². The summed E-state index contributed by atoms with van der Waals surface area (Å²) in [7, 11) is 3.38. The minimum Gasteiger partial charge on any atom is -0.496 e. The lowest BCUT2D eigenvalue weighted by Crippen LogP contribution is -2.27. The highest BCUT2D eigenvalue weighted by atomic mass is 32.1. The van der Waals surface area contributed by atoms with Gasteiger partial charge in [-0.1, -0.05) is 24.2 Å². The number of hydrogen-bond acceptors (Lipinski definition) is 6. The third-order valence-corrected chi connectivity index (χ3v) is 5.36. The number of amides is 1. The maximum atomic E-state index is 13.0. The van der Waals surface area contributed by atoms with Gasteiger partial charge in [-0.3, -0.25) is 9.20 Å². The average Bonchev–Trinajstić information content (AvgIpc) is 3.42. The first-order valence-corrected chi connectivity index (χ1v) is 9.78. The van der Waals surface area contributed by atoms with Gasteiger partial charge in [0.1, 0.15) is 11.4 Å². The highest BCUT2D eigenvalue weighted by molar-refractivity contribution is 7.15. The molecule has 4 aromatic rings. The molecule has 144 valence electrons. The Morgan fingerprint density at radius 1 is 1.36 bits per heavy atom. The van der Waals surface area contributed by atoms with Gasteiger partial charge in [0.15, 0.2) is 10.7 Å². The first-order valence-electron chi connectivity index (χ1n) is 8.90. The van der Waals surface area contributed by atoms with E-state index in [2.05, 4.69) is 10.1 Å². The molecule has 0 aliphatic rings. The van der Waals surface area contributed by atoms with Gasteiger partial charge in [0.2, 0.25) is 0 Å². The Morgan fingerprint density at radius 2 is 2.18 bits per heavy atom. The number of thiazole rings is 1. The smallest absolute Gasteiger partial charge is 0.271 e. The van der Waals surface area contributed by atoms with Crippen molar-refractivity contribution in [3.63, 3.8) is 0 Å². The van der Waals surface area contributed by atoms with E-state index in [1.165, 1.54) is 11.3 Å². The fourth-order valence-electron chi connectivity index (χ4n) is 3.02. The van der Waals surface area contributed by atoms with Crippen LogP contribution in [0.1, 0.15) is 28.9 Å². The summed E-state index contributed by atoms with van der Waals surface area (Å²) in [6.07, 6.45) is 2.67. The van der Waals surface area contributed by atoms with E-state index in [1.54, 1.807) is 19.1 Å². The Kier molecular flexibility index (Phi) is 4.87. The zero-order valence-corrected chi connectivity index (χ0v) is 16.7. The molecular formula is C20H20N4O3S. The maximum Gasteiger partial charge on any atom is 0.271 e. The van der Waals surface area contributed by atoms with Gasteiger partial charge in [-0.15, -0.1) is 11.3 Å². The fraction of sp³-hybridized carbons (Fsp3) is 0.250. The van der Waals surface area contributed by atoms with E-state index in [4.69, 9.17) is 9.26 Å². The van der Waals surface area contributed by atoms with Crippen molar-refractivity contribution in [3.8, 4) is 17.0 Å². The van der Waals surface area contributed by atoms with E-state index in [-0.39, 0.29) is 5.91 Å². The first kappa shape index (κ1) is 18.2. The number of rotatable bonds is 6. The Hall–Kier alpha value is -3.13. The molecule has 0 atom stereocenters. The van der Waals surface area contributed by atoms with Crippen molar-refractivity contribution in [2.24, 2.45) is 0 Å². The molecule has 0 bridgehead atoms. The summed E-state index contributed by atoms with van der Waals surface area (Å²) >= 11 is 1.43. The highest BCUT2D eigenvalue weighted by Crippen LogP contribution is 2.30. The lowest BCUT2D eigenvalue weighted by atomic mass is 10.1. The Balaban J connectivity index is 1.61. The number of carbonyl (C=O) groups is 1. The van der Waals surface area contributed by atoms with Crippen LogP contribution in [0.25, 0.3) is 16.2 Å². The van der Waals surface area contributed by atoms with E-state index in [1.807, 2.05) is 53.2 Å². The number of nitrogens with zero attached hydrogens (tertiary/aromatic N) is 4. The van der Waals surface area contributed by atoms with Crippen LogP contribution in [0.5, 0.6) is 5.75 Å². The normalized spacial score (nSPS) is 11.1. The molecule has 0 fully saturated rings. The van der Waals surface area contributed by atoms with Crippen molar-refractivity contribution < 1.29 is 14.1 Å². The van der Waals surface area contributed by atoms with Gasteiger partial charge in [-0.05, 0) is 18.6 Å². The highest BCUT2D eigenvalue weighted by Gasteiger charge is 2.20. The molecular weight excluding hydrogens is 376 g/mol. The molecule has 8 heteroatoms. The van der Waals surface area contributed by atoms with Crippen molar-refractivity contribution >= 4 is 22.2 Å². The monoisotopic (exact) mass is 396 g/mol. The largest absolute Gasteiger partial charge is 0.496 e. The van der Waals surface area contributed by atoms with Crippen molar-refractivity contribution in [3.05, 3.63) is 59.1 Å². The Morgan fingerprint density at radius 3 is 2.93 bits per heavy atom. The number of benzene rings is 1. The van der Waals surface area contributed by atoms with Gasteiger partial charge in [0.05, 0.1) is 25.0 Å². The molecule has 0 saturated carbocycles. The van der Waals surface area contributed by atoms with E-state index in [0.29, 0.717) is 18.0 Å². The molecule has 1 aromatic carbocycles. The molecule has 1 amide bonds. The fourth-order valence-corrected chi connectivity index (χ4v) is 3.87. The predicted molar refractivity (Wildman–Crippen MR) is 107 cm³/mol. The summed E-state index contributed by atoms with van der Waals surface area (Å²) in [6, 6.07) is 9.58. The van der Waals surface area contributed by atoms with Gasteiger partial charge >= 0.3 is 0 Å². The molecule has 0 aliphatic heterocycles. The van der Waals surface area contributed by atoms with Crippen molar-refractivity contribution in [1.29, 1.82) is 0 Å². The van der Waals surface area contributed by atoms with Gasteiger partial charge in [0.25, 0.3) is 5.91 Å². The second-order valence-corrected chi connectivity index (χ2v) is 7.24. The minimum absolute atomic E-state index is 0.107. The first-order chi connectivity index (χ1) is 13.6. The van der Waals surface area contributed by atoms with Gasteiger partial charge in [-0.25, -0.2) is 4.98 Å². The molecule has 0 aliphatic carbocycles. The predicted octanol–water partition coefficient (Wildman–Crippen LogP) is 3.89. The summed E-state index contributed by atoms with van der Waals surface area (Å²) in [5.74, 6) is 1.31. The van der Waals surface area contributed by atoms with Gasteiger partial charge in [-0.2, -0.15) is 0 Å². The second kappa shape index (κ2) is 7.47. The third-order valence-electron chi connectivity index (χ3n) is 4.52. The summed E-state index contributed by atoms with van der Waals surface area (Å²) in [6.45, 7) is 2.37. The topological polar surface area (TPSA) is 72.9 Å². The summed E-state index contributed by atoms with van der Waals surface area (Å²) in [5, 5.41) is 5.80.